The SMILES string of the molecule is CC(C)(C)CCCN1C(=O)C=CC1=O.[B]C(C)(CCC(C)(C)C)N1C(=O)C=CC1=O.[U]. The predicted octanol–water partition coefficient (Wildman–Crippen LogP) is 3.36. The molecule has 2 radical (unpaired) electrons. The van der Waals surface area contributed by atoms with E-state index in [4.69, 9.17) is 7.85 Å². The first-order valence-corrected chi connectivity index (χ1v) is 10.4. The summed E-state index contributed by atoms with van der Waals surface area (Å²) in [5.74, 6) is -0.986. The van der Waals surface area contributed by atoms with Gasteiger partial charge in [-0.05, 0) is 43.4 Å². The van der Waals surface area contributed by atoms with E-state index in [1.54, 1.807) is 6.92 Å². The Balaban J connectivity index is 0.000000567. The van der Waals surface area contributed by atoms with Crippen molar-refractivity contribution in [2.75, 3.05) is 6.54 Å². The van der Waals surface area contributed by atoms with Gasteiger partial charge in [-0.15, -0.1) is 0 Å². The maximum absolute atomic E-state index is 11.5. The molecule has 0 fully saturated rings. The van der Waals surface area contributed by atoms with E-state index < -0.39 is 5.44 Å². The van der Waals surface area contributed by atoms with Gasteiger partial charge in [0.25, 0.3) is 23.6 Å². The van der Waals surface area contributed by atoms with Crippen molar-refractivity contribution in [3.05, 3.63) is 24.3 Å². The molecule has 0 aromatic rings. The number of hydrogen-bond donors (Lipinski definition) is 0. The first kappa shape index (κ1) is 29.9. The van der Waals surface area contributed by atoms with Gasteiger partial charge in [-0.2, -0.15) is 0 Å². The summed E-state index contributed by atoms with van der Waals surface area (Å²) in [5, 5.41) is 0. The van der Waals surface area contributed by atoms with Gasteiger partial charge >= 0.3 is 0 Å². The Morgan fingerprint density at radius 2 is 1.06 bits per heavy atom. The maximum Gasteiger partial charge on any atom is 0.253 e. The minimum Gasteiger partial charge on any atom is -0.279 e. The molecule has 4 amide bonds. The number of rotatable bonds is 6. The zero-order valence-electron chi connectivity index (χ0n) is 19.9. The average Bonchev–Trinajstić information content (AvgIpc) is 3.08. The van der Waals surface area contributed by atoms with Crippen LogP contribution >= 0.6 is 0 Å². The molecule has 1 atom stereocenters. The largest absolute Gasteiger partial charge is 0.279 e. The molecule has 0 aromatic carbocycles. The summed E-state index contributed by atoms with van der Waals surface area (Å²) in [6.45, 7) is 15.0. The molecule has 1 unspecified atom stereocenters. The Morgan fingerprint density at radius 3 is 1.45 bits per heavy atom. The Morgan fingerprint density at radius 1 is 0.677 bits per heavy atom. The van der Waals surface area contributed by atoms with E-state index in [2.05, 4.69) is 41.5 Å². The normalized spacial score (nSPS) is 18.2. The van der Waals surface area contributed by atoms with Gasteiger partial charge in [-0.1, -0.05) is 41.5 Å². The van der Waals surface area contributed by atoms with Gasteiger partial charge < -0.3 is 0 Å². The molecule has 6 nitrogen and oxygen atoms in total. The molecule has 31 heavy (non-hydrogen) atoms. The Labute approximate surface area is 212 Å². The van der Waals surface area contributed by atoms with Crippen LogP contribution in [0.15, 0.2) is 24.3 Å². The van der Waals surface area contributed by atoms with Crippen molar-refractivity contribution in [2.45, 2.75) is 79.6 Å². The molecule has 2 rings (SSSR count). The minimum absolute atomic E-state index is 0. The minimum atomic E-state index is -0.898. The van der Waals surface area contributed by atoms with Crippen molar-refractivity contribution >= 4 is 31.5 Å². The number of hydrogen-bond acceptors (Lipinski definition) is 4. The third-order valence-corrected chi connectivity index (χ3v) is 4.91. The first-order valence-electron chi connectivity index (χ1n) is 10.4. The van der Waals surface area contributed by atoms with E-state index in [9.17, 15) is 19.2 Å². The number of carbonyl (C=O) groups excluding carboxylic acids is 4. The third kappa shape index (κ3) is 10.4. The summed E-state index contributed by atoms with van der Waals surface area (Å²) in [4.78, 5) is 47.7. The van der Waals surface area contributed by atoms with Crippen LogP contribution in [0.25, 0.3) is 0 Å². The van der Waals surface area contributed by atoms with Crippen LogP contribution in [-0.4, -0.2) is 53.3 Å². The monoisotopic (exact) mass is 652 g/mol. The van der Waals surface area contributed by atoms with Crippen LogP contribution in [-0.2, 0) is 19.2 Å². The second kappa shape index (κ2) is 11.7. The molecular formula is C23H35BN2O4U. The molecule has 168 valence electrons. The Bertz CT molecular complexity index is 710. The third-order valence-electron chi connectivity index (χ3n) is 4.91. The van der Waals surface area contributed by atoms with Crippen LogP contribution in [0.3, 0.4) is 0 Å². The predicted molar refractivity (Wildman–Crippen MR) is 118 cm³/mol. The van der Waals surface area contributed by atoms with E-state index in [1.165, 1.54) is 29.2 Å². The molecule has 0 aliphatic carbocycles. The summed E-state index contributed by atoms with van der Waals surface area (Å²) >= 11 is 0. The summed E-state index contributed by atoms with van der Waals surface area (Å²) in [6, 6.07) is 0. The molecule has 0 spiro atoms. The van der Waals surface area contributed by atoms with Crippen molar-refractivity contribution in [3.8, 4) is 0 Å². The summed E-state index contributed by atoms with van der Waals surface area (Å²) in [7, 11) is 6.05. The molecule has 0 N–H and O–H groups in total. The Hall–Kier alpha value is -1.12. The fraction of sp³-hybridized carbons (Fsp3) is 0.652. The molecule has 2 aliphatic rings. The summed E-state index contributed by atoms with van der Waals surface area (Å²) in [5.41, 5.74) is -0.496. The fourth-order valence-corrected chi connectivity index (χ4v) is 3.06. The van der Waals surface area contributed by atoms with Crippen molar-refractivity contribution in [1.29, 1.82) is 0 Å². The van der Waals surface area contributed by atoms with Gasteiger partial charge in [0.15, 0.2) is 0 Å². The smallest absolute Gasteiger partial charge is 0.253 e. The van der Waals surface area contributed by atoms with Gasteiger partial charge in [0.2, 0.25) is 0 Å². The second-order valence-electron chi connectivity index (χ2n) is 10.6. The molecule has 2 heterocycles. The molecule has 0 bridgehead atoms. The van der Waals surface area contributed by atoms with Crippen molar-refractivity contribution < 1.29 is 50.3 Å². The molecular weight excluding hydrogens is 617 g/mol. The standard InChI is InChI=1S/C12H18BNO2.C11H17NO2.U/c1-11(2,3)7-8-12(4,13)14-9(15)5-6-10(14)16;1-11(2,3)7-4-8-12-9(13)5-6-10(12)14;/h5-6H,7-8H2,1-4H3;5-6H,4,7-8H2,1-3H3;. The van der Waals surface area contributed by atoms with E-state index in [0.717, 1.165) is 24.2 Å². The van der Waals surface area contributed by atoms with Gasteiger partial charge in [-0.3, -0.25) is 29.0 Å². The number of imide groups is 2. The zero-order chi connectivity index (χ0) is 23.3. The van der Waals surface area contributed by atoms with E-state index in [0.29, 0.717) is 13.0 Å². The second-order valence-corrected chi connectivity index (χ2v) is 10.6. The van der Waals surface area contributed by atoms with Crippen molar-refractivity contribution in [3.63, 3.8) is 0 Å². The van der Waals surface area contributed by atoms with Gasteiger partial charge in [0, 0.05) is 67.4 Å². The molecule has 0 aromatic heterocycles. The van der Waals surface area contributed by atoms with Gasteiger partial charge in [-0.25, -0.2) is 0 Å². The quantitative estimate of drug-likeness (QED) is 0.326. The van der Waals surface area contributed by atoms with Crippen LogP contribution in [0.1, 0.15) is 74.1 Å². The van der Waals surface area contributed by atoms with E-state index in [1.807, 2.05) is 0 Å². The van der Waals surface area contributed by atoms with Crippen LogP contribution in [0, 0.1) is 41.9 Å². The van der Waals surface area contributed by atoms with Gasteiger partial charge in [0.1, 0.15) is 7.85 Å². The van der Waals surface area contributed by atoms with Crippen molar-refractivity contribution in [2.24, 2.45) is 10.8 Å². The van der Waals surface area contributed by atoms with Gasteiger partial charge in [0.05, 0.1) is 0 Å². The van der Waals surface area contributed by atoms with E-state index >= 15 is 0 Å². The summed E-state index contributed by atoms with van der Waals surface area (Å²) < 4.78 is 0. The number of carbonyl (C=O) groups is 4. The van der Waals surface area contributed by atoms with E-state index in [-0.39, 0.29) is 65.6 Å². The molecule has 8 heteroatoms. The molecule has 0 saturated carbocycles. The molecule has 2 aliphatic heterocycles. The zero-order valence-corrected chi connectivity index (χ0v) is 24.1. The van der Waals surface area contributed by atoms with Crippen LogP contribution in [0.2, 0.25) is 0 Å². The van der Waals surface area contributed by atoms with Crippen LogP contribution in [0.5, 0.6) is 0 Å². The number of nitrogens with zero attached hydrogens (tertiary/aromatic N) is 2. The van der Waals surface area contributed by atoms with Crippen molar-refractivity contribution in [1.82, 2.24) is 9.80 Å². The summed E-state index contributed by atoms with van der Waals surface area (Å²) in [6.07, 6.45) is 8.56. The van der Waals surface area contributed by atoms with Crippen LogP contribution < -0.4 is 0 Å². The van der Waals surface area contributed by atoms with Crippen LogP contribution in [0.4, 0.5) is 0 Å². The fourth-order valence-electron chi connectivity index (χ4n) is 3.06. The Kier molecular flexibility index (Phi) is 11.2. The topological polar surface area (TPSA) is 74.8 Å². The first-order chi connectivity index (χ1) is 13.5. The molecule has 0 saturated heterocycles. The maximum atomic E-state index is 11.5. The number of amides is 4. The average molecular weight is 652 g/mol.